The molecule has 0 saturated carbocycles. The molecule has 0 rings (SSSR count). The number of ether oxygens (including phenoxy) is 2. The molecule has 2 unspecified atom stereocenters. The second-order valence-electron chi connectivity index (χ2n) is 2.92. The molecule has 3 nitrogen and oxygen atoms in total. The Morgan fingerprint density at radius 2 is 1.92 bits per heavy atom. The molecule has 3 heteroatoms. The molecule has 2 atom stereocenters. The van der Waals surface area contributed by atoms with Crippen LogP contribution in [0.4, 0.5) is 0 Å². The summed E-state index contributed by atoms with van der Waals surface area (Å²) in [5, 5.41) is 3.31. The standard InChI is InChI=1S/C9H21NO2/c1-5-10-8(2)9(3)12-7-6-11-4/h8-10H,5-7H2,1-4H3. The van der Waals surface area contributed by atoms with Gasteiger partial charge < -0.3 is 14.8 Å². The first kappa shape index (κ1) is 11.9. The van der Waals surface area contributed by atoms with E-state index in [1.54, 1.807) is 7.11 Å². The van der Waals surface area contributed by atoms with Crippen LogP contribution in [0.3, 0.4) is 0 Å². The highest BCUT2D eigenvalue weighted by Crippen LogP contribution is 1.97. The van der Waals surface area contributed by atoms with Gasteiger partial charge in [0, 0.05) is 13.2 Å². The highest BCUT2D eigenvalue weighted by atomic mass is 16.5. The summed E-state index contributed by atoms with van der Waals surface area (Å²) in [7, 11) is 1.68. The van der Waals surface area contributed by atoms with Crippen LogP contribution in [-0.2, 0) is 9.47 Å². The van der Waals surface area contributed by atoms with E-state index in [1.807, 2.05) is 0 Å². The maximum Gasteiger partial charge on any atom is 0.0704 e. The lowest BCUT2D eigenvalue weighted by Gasteiger charge is -2.20. The molecule has 0 aliphatic carbocycles. The van der Waals surface area contributed by atoms with Gasteiger partial charge in [-0.15, -0.1) is 0 Å². The molecule has 0 aromatic carbocycles. The molecule has 0 aliphatic heterocycles. The Balaban J connectivity index is 3.35. The third kappa shape index (κ3) is 5.52. The maximum atomic E-state index is 5.51. The largest absolute Gasteiger partial charge is 0.382 e. The zero-order chi connectivity index (χ0) is 9.40. The summed E-state index contributed by atoms with van der Waals surface area (Å²) in [4.78, 5) is 0. The Morgan fingerprint density at radius 3 is 2.42 bits per heavy atom. The van der Waals surface area contributed by atoms with E-state index in [-0.39, 0.29) is 6.10 Å². The van der Waals surface area contributed by atoms with Crippen molar-refractivity contribution in [2.45, 2.75) is 32.9 Å². The Hall–Kier alpha value is -0.120. The summed E-state index contributed by atoms with van der Waals surface area (Å²) in [5.41, 5.74) is 0. The summed E-state index contributed by atoms with van der Waals surface area (Å²) in [5.74, 6) is 0. The van der Waals surface area contributed by atoms with Gasteiger partial charge in [-0.05, 0) is 20.4 Å². The smallest absolute Gasteiger partial charge is 0.0704 e. The van der Waals surface area contributed by atoms with Gasteiger partial charge in [-0.25, -0.2) is 0 Å². The van der Waals surface area contributed by atoms with Crippen molar-refractivity contribution in [3.63, 3.8) is 0 Å². The zero-order valence-corrected chi connectivity index (χ0v) is 8.59. The van der Waals surface area contributed by atoms with Gasteiger partial charge in [0.05, 0.1) is 19.3 Å². The number of methoxy groups -OCH3 is 1. The Labute approximate surface area is 75.4 Å². The molecule has 74 valence electrons. The predicted molar refractivity (Wildman–Crippen MR) is 50.4 cm³/mol. The minimum absolute atomic E-state index is 0.250. The zero-order valence-electron chi connectivity index (χ0n) is 8.59. The van der Waals surface area contributed by atoms with Gasteiger partial charge in [0.1, 0.15) is 0 Å². The molecule has 0 aromatic heterocycles. The van der Waals surface area contributed by atoms with E-state index in [9.17, 15) is 0 Å². The first-order valence-electron chi connectivity index (χ1n) is 4.56. The van der Waals surface area contributed by atoms with Crippen molar-refractivity contribution >= 4 is 0 Å². The van der Waals surface area contributed by atoms with Gasteiger partial charge in [-0.1, -0.05) is 6.92 Å². The van der Waals surface area contributed by atoms with Crippen LogP contribution in [0.2, 0.25) is 0 Å². The van der Waals surface area contributed by atoms with E-state index in [4.69, 9.17) is 9.47 Å². The van der Waals surface area contributed by atoms with E-state index in [0.29, 0.717) is 19.3 Å². The van der Waals surface area contributed by atoms with E-state index in [1.165, 1.54) is 0 Å². The van der Waals surface area contributed by atoms with Crippen LogP contribution >= 0.6 is 0 Å². The fraction of sp³-hybridized carbons (Fsp3) is 1.00. The minimum Gasteiger partial charge on any atom is -0.382 e. The molecule has 0 aromatic rings. The minimum atomic E-state index is 0.250. The van der Waals surface area contributed by atoms with Crippen molar-refractivity contribution in [1.29, 1.82) is 0 Å². The number of hydrogen-bond acceptors (Lipinski definition) is 3. The summed E-state index contributed by atoms with van der Waals surface area (Å²) in [6.07, 6.45) is 0.250. The summed E-state index contributed by atoms with van der Waals surface area (Å²) in [6.45, 7) is 8.62. The molecule has 0 spiro atoms. The van der Waals surface area contributed by atoms with Crippen LogP contribution in [0.5, 0.6) is 0 Å². The van der Waals surface area contributed by atoms with E-state index in [0.717, 1.165) is 6.54 Å². The lowest BCUT2D eigenvalue weighted by atomic mass is 10.2. The Bertz CT molecular complexity index is 98.5. The van der Waals surface area contributed by atoms with Crippen LogP contribution < -0.4 is 5.32 Å². The summed E-state index contributed by atoms with van der Waals surface area (Å²) in [6, 6.07) is 0.409. The van der Waals surface area contributed by atoms with Crippen LogP contribution in [0.15, 0.2) is 0 Å². The van der Waals surface area contributed by atoms with Gasteiger partial charge in [0.25, 0.3) is 0 Å². The third-order valence-electron chi connectivity index (χ3n) is 1.90. The quantitative estimate of drug-likeness (QED) is 0.586. The van der Waals surface area contributed by atoms with E-state index in [2.05, 4.69) is 26.1 Å². The lowest BCUT2D eigenvalue weighted by molar-refractivity contribution is 0.0112. The first-order valence-corrected chi connectivity index (χ1v) is 4.56. The summed E-state index contributed by atoms with van der Waals surface area (Å²) >= 11 is 0. The number of rotatable bonds is 7. The highest BCUT2D eigenvalue weighted by molar-refractivity contribution is 4.66. The average Bonchev–Trinajstić information content (AvgIpc) is 2.05. The molecule has 0 bridgehead atoms. The van der Waals surface area contributed by atoms with Gasteiger partial charge >= 0.3 is 0 Å². The lowest BCUT2D eigenvalue weighted by Crippen LogP contribution is -2.37. The number of nitrogens with one attached hydrogen (secondary N) is 1. The molecule has 1 N–H and O–H groups in total. The average molecular weight is 175 g/mol. The Morgan fingerprint density at radius 1 is 1.25 bits per heavy atom. The molecular weight excluding hydrogens is 154 g/mol. The van der Waals surface area contributed by atoms with Gasteiger partial charge in [0.15, 0.2) is 0 Å². The second kappa shape index (κ2) is 7.53. The van der Waals surface area contributed by atoms with Crippen LogP contribution in [-0.4, -0.2) is 39.0 Å². The van der Waals surface area contributed by atoms with Gasteiger partial charge in [-0.2, -0.15) is 0 Å². The van der Waals surface area contributed by atoms with E-state index >= 15 is 0 Å². The maximum absolute atomic E-state index is 5.51. The predicted octanol–water partition coefficient (Wildman–Crippen LogP) is 1.04. The van der Waals surface area contributed by atoms with Crippen molar-refractivity contribution in [2.24, 2.45) is 0 Å². The molecule has 0 fully saturated rings. The molecule has 0 amide bonds. The van der Waals surface area contributed by atoms with Crippen LogP contribution in [0, 0.1) is 0 Å². The molecule has 0 radical (unpaired) electrons. The van der Waals surface area contributed by atoms with Gasteiger partial charge in [0.2, 0.25) is 0 Å². The van der Waals surface area contributed by atoms with Crippen molar-refractivity contribution in [3.05, 3.63) is 0 Å². The normalized spacial score (nSPS) is 16.0. The van der Waals surface area contributed by atoms with Crippen molar-refractivity contribution in [2.75, 3.05) is 26.9 Å². The van der Waals surface area contributed by atoms with E-state index < -0.39 is 0 Å². The SMILES string of the molecule is CCNC(C)C(C)OCCOC. The second-order valence-corrected chi connectivity index (χ2v) is 2.92. The third-order valence-corrected chi connectivity index (χ3v) is 1.90. The summed E-state index contributed by atoms with van der Waals surface area (Å²) < 4.78 is 10.4. The fourth-order valence-electron chi connectivity index (χ4n) is 0.950. The van der Waals surface area contributed by atoms with Crippen LogP contribution in [0.1, 0.15) is 20.8 Å². The topological polar surface area (TPSA) is 30.5 Å². The van der Waals surface area contributed by atoms with Gasteiger partial charge in [-0.3, -0.25) is 0 Å². The molecule has 0 heterocycles. The van der Waals surface area contributed by atoms with Crippen molar-refractivity contribution in [1.82, 2.24) is 5.32 Å². The Kier molecular flexibility index (Phi) is 7.45. The first-order chi connectivity index (χ1) is 5.72. The highest BCUT2D eigenvalue weighted by Gasteiger charge is 2.09. The fourth-order valence-corrected chi connectivity index (χ4v) is 0.950. The number of likely N-dealkylation sites (N-methyl/N-ethyl adjacent to an activating group) is 1. The molecule has 12 heavy (non-hydrogen) atoms. The van der Waals surface area contributed by atoms with Crippen molar-refractivity contribution in [3.8, 4) is 0 Å². The monoisotopic (exact) mass is 175 g/mol. The number of hydrogen-bond donors (Lipinski definition) is 1. The van der Waals surface area contributed by atoms with Crippen LogP contribution in [0.25, 0.3) is 0 Å². The molecular formula is C9H21NO2. The van der Waals surface area contributed by atoms with Crippen molar-refractivity contribution < 1.29 is 9.47 Å². The molecule has 0 aliphatic rings. The molecule has 0 saturated heterocycles.